The molecular formula is C9H10N2O4. The quantitative estimate of drug-likeness (QED) is 0.412. The van der Waals surface area contributed by atoms with Crippen LogP contribution in [0.25, 0.3) is 0 Å². The predicted molar refractivity (Wildman–Crippen MR) is 51.8 cm³/mol. The molecule has 1 aliphatic rings. The summed E-state index contributed by atoms with van der Waals surface area (Å²) in [5.41, 5.74) is 0.117. The van der Waals surface area contributed by atoms with Crippen molar-refractivity contribution < 1.29 is 9.66 Å². The third-order valence-corrected chi connectivity index (χ3v) is 2.41. The normalized spacial score (nSPS) is 18.9. The number of rotatable bonds is 3. The number of aromatic nitrogens is 1. The van der Waals surface area contributed by atoms with E-state index in [4.69, 9.17) is 4.74 Å². The molecule has 1 fully saturated rings. The van der Waals surface area contributed by atoms with Gasteiger partial charge in [0.15, 0.2) is 0 Å². The Balaban J connectivity index is 2.45. The number of hydrogen-bond donors (Lipinski definition) is 0. The van der Waals surface area contributed by atoms with Gasteiger partial charge in [-0.25, -0.2) is 0 Å². The molecule has 2 heterocycles. The third-order valence-electron chi connectivity index (χ3n) is 2.41. The minimum atomic E-state index is -0.487. The minimum absolute atomic E-state index is 0.0309. The Morgan fingerprint density at radius 3 is 2.87 bits per heavy atom. The van der Waals surface area contributed by atoms with Crippen LogP contribution in [0.2, 0.25) is 0 Å². The molecule has 0 saturated carbocycles. The molecule has 1 aromatic heterocycles. The van der Waals surface area contributed by atoms with E-state index in [1.54, 1.807) is 6.92 Å². The van der Waals surface area contributed by atoms with Crippen molar-refractivity contribution in [2.45, 2.75) is 19.6 Å². The van der Waals surface area contributed by atoms with Crippen LogP contribution in [0.3, 0.4) is 0 Å². The van der Waals surface area contributed by atoms with Gasteiger partial charge in [0.1, 0.15) is 0 Å². The van der Waals surface area contributed by atoms with E-state index in [0.29, 0.717) is 18.8 Å². The maximum atomic E-state index is 11.5. The molecular weight excluding hydrogens is 200 g/mol. The fraction of sp³-hybridized carbons (Fsp3) is 0.444. The topological polar surface area (TPSA) is 77.7 Å². The molecule has 0 radical (unpaired) electrons. The van der Waals surface area contributed by atoms with Gasteiger partial charge in [-0.1, -0.05) is 0 Å². The van der Waals surface area contributed by atoms with E-state index in [-0.39, 0.29) is 17.4 Å². The van der Waals surface area contributed by atoms with Gasteiger partial charge in [0.05, 0.1) is 29.9 Å². The molecule has 1 saturated heterocycles. The van der Waals surface area contributed by atoms with Crippen LogP contribution in [0, 0.1) is 17.0 Å². The molecule has 80 valence electrons. The zero-order valence-electron chi connectivity index (χ0n) is 8.17. The number of epoxide rings is 1. The fourth-order valence-electron chi connectivity index (χ4n) is 1.46. The summed E-state index contributed by atoms with van der Waals surface area (Å²) in [6, 6.07) is 2.45. The summed E-state index contributed by atoms with van der Waals surface area (Å²) < 4.78 is 6.38. The molecule has 0 aliphatic carbocycles. The zero-order valence-corrected chi connectivity index (χ0v) is 8.17. The molecule has 0 spiro atoms. The molecule has 0 amide bonds. The van der Waals surface area contributed by atoms with Crippen molar-refractivity contribution in [2.75, 3.05) is 6.61 Å². The number of nitro groups is 1. The highest BCUT2D eigenvalue weighted by Crippen LogP contribution is 2.17. The van der Waals surface area contributed by atoms with Gasteiger partial charge in [-0.3, -0.25) is 14.9 Å². The Morgan fingerprint density at radius 2 is 2.33 bits per heavy atom. The molecule has 0 bridgehead atoms. The Morgan fingerprint density at radius 1 is 1.67 bits per heavy atom. The summed E-state index contributed by atoms with van der Waals surface area (Å²) in [6.45, 7) is 2.59. The first kappa shape index (κ1) is 9.85. The van der Waals surface area contributed by atoms with Gasteiger partial charge in [-0.05, 0) is 6.92 Å². The Labute approximate surface area is 85.2 Å². The summed E-state index contributed by atoms with van der Waals surface area (Å²) >= 11 is 0. The second-order valence-corrected chi connectivity index (χ2v) is 3.47. The highest BCUT2D eigenvalue weighted by atomic mass is 16.6. The van der Waals surface area contributed by atoms with Gasteiger partial charge in [0, 0.05) is 12.1 Å². The molecule has 6 heteroatoms. The molecule has 1 atom stereocenters. The second kappa shape index (κ2) is 3.47. The Hall–Kier alpha value is -1.69. The first-order valence-electron chi connectivity index (χ1n) is 4.56. The highest BCUT2D eigenvalue weighted by Gasteiger charge is 2.25. The van der Waals surface area contributed by atoms with Crippen molar-refractivity contribution in [1.29, 1.82) is 0 Å². The van der Waals surface area contributed by atoms with Crippen molar-refractivity contribution in [1.82, 2.24) is 4.57 Å². The minimum Gasteiger partial charge on any atom is -0.371 e. The standard InChI is InChI=1S/C9H10N2O4/c1-6-8(11(13)14)2-3-9(12)10(6)4-7-5-15-7/h2-3,7H,4-5H2,1H3/t7-/m1/s1. The lowest BCUT2D eigenvalue weighted by atomic mass is 10.3. The molecule has 0 aromatic carbocycles. The lowest BCUT2D eigenvalue weighted by molar-refractivity contribution is -0.386. The monoisotopic (exact) mass is 210 g/mol. The average Bonchev–Trinajstić information content (AvgIpc) is 2.95. The van der Waals surface area contributed by atoms with Crippen LogP contribution in [0.1, 0.15) is 5.69 Å². The van der Waals surface area contributed by atoms with Crippen LogP contribution in [-0.4, -0.2) is 22.2 Å². The second-order valence-electron chi connectivity index (χ2n) is 3.47. The van der Waals surface area contributed by atoms with Gasteiger partial charge in [-0.2, -0.15) is 0 Å². The molecule has 0 unspecified atom stereocenters. The van der Waals surface area contributed by atoms with Gasteiger partial charge in [-0.15, -0.1) is 0 Å². The van der Waals surface area contributed by atoms with E-state index in [0.717, 1.165) is 0 Å². The maximum absolute atomic E-state index is 11.5. The lowest BCUT2D eigenvalue weighted by Gasteiger charge is -2.07. The van der Waals surface area contributed by atoms with E-state index >= 15 is 0 Å². The smallest absolute Gasteiger partial charge is 0.288 e. The summed E-state index contributed by atoms with van der Waals surface area (Å²) in [7, 11) is 0. The molecule has 0 N–H and O–H groups in total. The number of ether oxygens (including phenoxy) is 1. The van der Waals surface area contributed by atoms with Crippen LogP contribution in [0.15, 0.2) is 16.9 Å². The first-order valence-corrected chi connectivity index (χ1v) is 4.56. The van der Waals surface area contributed by atoms with Crippen LogP contribution < -0.4 is 5.56 Å². The summed E-state index contributed by atoms with van der Waals surface area (Å²) in [5, 5.41) is 10.6. The highest BCUT2D eigenvalue weighted by molar-refractivity contribution is 5.34. The van der Waals surface area contributed by atoms with E-state index in [9.17, 15) is 14.9 Å². The molecule has 1 aliphatic heterocycles. The van der Waals surface area contributed by atoms with E-state index in [1.807, 2.05) is 0 Å². The molecule has 15 heavy (non-hydrogen) atoms. The molecule has 6 nitrogen and oxygen atoms in total. The average molecular weight is 210 g/mol. The number of hydrogen-bond acceptors (Lipinski definition) is 4. The van der Waals surface area contributed by atoms with E-state index in [1.165, 1.54) is 16.7 Å². The predicted octanol–water partition coefficient (Wildman–Crippen LogP) is 0.464. The van der Waals surface area contributed by atoms with Gasteiger partial charge >= 0.3 is 0 Å². The van der Waals surface area contributed by atoms with Crippen LogP contribution in [0.4, 0.5) is 5.69 Å². The summed E-state index contributed by atoms with van der Waals surface area (Å²) in [5.74, 6) is 0. The van der Waals surface area contributed by atoms with E-state index < -0.39 is 4.92 Å². The fourth-order valence-corrected chi connectivity index (χ4v) is 1.46. The van der Waals surface area contributed by atoms with Crippen molar-refractivity contribution in [3.8, 4) is 0 Å². The van der Waals surface area contributed by atoms with Crippen molar-refractivity contribution in [2.24, 2.45) is 0 Å². The largest absolute Gasteiger partial charge is 0.371 e. The Kier molecular flexibility index (Phi) is 2.28. The first-order chi connectivity index (χ1) is 7.09. The molecule has 2 rings (SSSR count). The zero-order chi connectivity index (χ0) is 11.0. The lowest BCUT2D eigenvalue weighted by Crippen LogP contribution is -2.24. The summed E-state index contributed by atoms with van der Waals surface area (Å²) in [4.78, 5) is 21.6. The van der Waals surface area contributed by atoms with Gasteiger partial charge in [0.25, 0.3) is 11.2 Å². The van der Waals surface area contributed by atoms with Gasteiger partial charge in [0.2, 0.25) is 0 Å². The Bertz CT molecular complexity index is 462. The van der Waals surface area contributed by atoms with E-state index in [2.05, 4.69) is 0 Å². The maximum Gasteiger partial charge on any atom is 0.288 e. The van der Waals surface area contributed by atoms with Gasteiger partial charge < -0.3 is 9.30 Å². The third kappa shape index (κ3) is 1.89. The van der Waals surface area contributed by atoms with Crippen LogP contribution in [-0.2, 0) is 11.3 Å². The van der Waals surface area contributed by atoms with Crippen molar-refractivity contribution >= 4 is 5.69 Å². The van der Waals surface area contributed by atoms with Crippen molar-refractivity contribution in [3.05, 3.63) is 38.3 Å². The van der Waals surface area contributed by atoms with Crippen LogP contribution in [0.5, 0.6) is 0 Å². The number of nitrogens with zero attached hydrogens (tertiary/aromatic N) is 2. The molecule has 1 aromatic rings. The van der Waals surface area contributed by atoms with Crippen LogP contribution >= 0.6 is 0 Å². The number of pyridine rings is 1. The summed E-state index contributed by atoms with van der Waals surface area (Å²) in [6.07, 6.45) is 0.0309. The SMILES string of the molecule is Cc1c([N+](=O)[O-])ccc(=O)n1C[C@@H]1CO1. The van der Waals surface area contributed by atoms with Crippen molar-refractivity contribution in [3.63, 3.8) is 0 Å².